The number of rotatable bonds is 6. The van der Waals surface area contributed by atoms with E-state index in [1.165, 1.54) is 6.33 Å². The minimum absolute atomic E-state index is 0.0960. The van der Waals surface area contributed by atoms with Crippen molar-refractivity contribution in [2.24, 2.45) is 11.7 Å². The van der Waals surface area contributed by atoms with Crippen molar-refractivity contribution in [1.29, 1.82) is 5.41 Å². The van der Waals surface area contributed by atoms with Gasteiger partial charge in [-0.05, 0) is 13.3 Å². The highest BCUT2D eigenvalue weighted by atomic mass is 19.1. The molecule has 0 saturated carbocycles. The van der Waals surface area contributed by atoms with E-state index in [-0.39, 0.29) is 23.4 Å². The van der Waals surface area contributed by atoms with E-state index >= 15 is 0 Å². The summed E-state index contributed by atoms with van der Waals surface area (Å²) < 4.78 is 14.1. The van der Waals surface area contributed by atoms with Crippen LogP contribution in [0.4, 0.5) is 10.2 Å². The lowest BCUT2D eigenvalue weighted by Gasteiger charge is -2.25. The SMILES string of the molecule is CCc1ncnc(N(CC)CC(C)C(=N)N)c1F. The molecular weight excluding hydrogens is 233 g/mol. The van der Waals surface area contributed by atoms with E-state index in [4.69, 9.17) is 11.1 Å². The number of hydrogen-bond donors (Lipinski definition) is 2. The summed E-state index contributed by atoms with van der Waals surface area (Å²) in [5, 5.41) is 7.39. The highest BCUT2D eigenvalue weighted by Gasteiger charge is 2.18. The molecule has 1 rings (SSSR count). The van der Waals surface area contributed by atoms with Gasteiger partial charge in [0.1, 0.15) is 6.33 Å². The molecule has 0 spiro atoms. The molecule has 0 aromatic carbocycles. The largest absolute Gasteiger partial charge is 0.387 e. The van der Waals surface area contributed by atoms with Crippen molar-refractivity contribution in [2.45, 2.75) is 27.2 Å². The average molecular weight is 253 g/mol. The Morgan fingerprint density at radius 3 is 2.67 bits per heavy atom. The van der Waals surface area contributed by atoms with Crippen molar-refractivity contribution >= 4 is 11.7 Å². The van der Waals surface area contributed by atoms with E-state index in [1.54, 1.807) is 4.90 Å². The predicted octanol–water partition coefficient (Wildman–Crippen LogP) is 1.58. The van der Waals surface area contributed by atoms with Crippen molar-refractivity contribution in [2.75, 3.05) is 18.0 Å². The van der Waals surface area contributed by atoms with Gasteiger partial charge in [-0.15, -0.1) is 0 Å². The first kappa shape index (κ1) is 14.3. The maximum Gasteiger partial charge on any atom is 0.187 e. The van der Waals surface area contributed by atoms with Crippen LogP contribution in [0.15, 0.2) is 6.33 Å². The average Bonchev–Trinajstić information content (AvgIpc) is 2.36. The molecule has 1 aromatic rings. The van der Waals surface area contributed by atoms with E-state index in [1.807, 2.05) is 20.8 Å². The minimum Gasteiger partial charge on any atom is -0.387 e. The smallest absolute Gasteiger partial charge is 0.187 e. The van der Waals surface area contributed by atoms with Crippen LogP contribution in [0.5, 0.6) is 0 Å². The topological polar surface area (TPSA) is 78.9 Å². The number of anilines is 1. The minimum atomic E-state index is -0.377. The summed E-state index contributed by atoms with van der Waals surface area (Å²) in [6.07, 6.45) is 1.90. The van der Waals surface area contributed by atoms with Crippen LogP contribution in [-0.2, 0) is 6.42 Å². The van der Waals surface area contributed by atoms with E-state index in [0.29, 0.717) is 25.2 Å². The van der Waals surface area contributed by atoms with Gasteiger partial charge in [-0.1, -0.05) is 13.8 Å². The first-order valence-electron chi connectivity index (χ1n) is 6.09. The van der Waals surface area contributed by atoms with Gasteiger partial charge < -0.3 is 10.6 Å². The predicted molar refractivity (Wildman–Crippen MR) is 70.3 cm³/mol. The second kappa shape index (κ2) is 6.28. The quantitative estimate of drug-likeness (QED) is 0.596. The monoisotopic (exact) mass is 253 g/mol. The number of amidine groups is 1. The standard InChI is InChI=1S/C12H20FN5/c1-4-9-10(13)12(17-7-16-9)18(5-2)6-8(3)11(14)15/h7-8H,4-6H2,1-3H3,(H3,14,15). The summed E-state index contributed by atoms with van der Waals surface area (Å²) in [7, 11) is 0. The maximum atomic E-state index is 14.1. The zero-order valence-electron chi connectivity index (χ0n) is 11.1. The molecule has 1 unspecified atom stereocenters. The fraction of sp³-hybridized carbons (Fsp3) is 0.583. The van der Waals surface area contributed by atoms with Gasteiger partial charge in [-0.2, -0.15) is 0 Å². The molecule has 1 atom stereocenters. The van der Waals surface area contributed by atoms with E-state index in [2.05, 4.69) is 9.97 Å². The first-order chi connectivity index (χ1) is 8.51. The Kier molecular flexibility index (Phi) is 5.00. The third kappa shape index (κ3) is 3.15. The number of nitrogens with two attached hydrogens (primary N) is 1. The van der Waals surface area contributed by atoms with Crippen LogP contribution in [0, 0.1) is 17.1 Å². The molecule has 0 aliphatic heterocycles. The lowest BCUT2D eigenvalue weighted by molar-refractivity contribution is 0.576. The van der Waals surface area contributed by atoms with Crippen LogP contribution in [-0.4, -0.2) is 28.9 Å². The van der Waals surface area contributed by atoms with Crippen LogP contribution in [0.1, 0.15) is 26.5 Å². The maximum absolute atomic E-state index is 14.1. The summed E-state index contributed by atoms with van der Waals surface area (Å²) >= 11 is 0. The van der Waals surface area contributed by atoms with Gasteiger partial charge in [0.2, 0.25) is 0 Å². The third-order valence-electron chi connectivity index (χ3n) is 2.88. The number of nitrogens with one attached hydrogen (secondary N) is 1. The van der Waals surface area contributed by atoms with Crippen LogP contribution in [0.3, 0.4) is 0 Å². The van der Waals surface area contributed by atoms with Crippen LogP contribution >= 0.6 is 0 Å². The van der Waals surface area contributed by atoms with Crippen molar-refractivity contribution in [3.05, 3.63) is 17.8 Å². The second-order valence-electron chi connectivity index (χ2n) is 4.21. The van der Waals surface area contributed by atoms with Crippen LogP contribution < -0.4 is 10.6 Å². The molecule has 3 N–H and O–H groups in total. The molecule has 0 radical (unpaired) electrons. The molecule has 1 heterocycles. The van der Waals surface area contributed by atoms with Crippen LogP contribution in [0.2, 0.25) is 0 Å². The molecule has 0 amide bonds. The number of nitrogens with zero attached hydrogens (tertiary/aromatic N) is 3. The Morgan fingerprint density at radius 1 is 1.50 bits per heavy atom. The summed E-state index contributed by atoms with van der Waals surface area (Å²) in [6.45, 7) is 6.69. The van der Waals surface area contributed by atoms with Gasteiger partial charge in [-0.25, -0.2) is 14.4 Å². The van der Waals surface area contributed by atoms with E-state index in [9.17, 15) is 4.39 Å². The van der Waals surface area contributed by atoms with Gasteiger partial charge in [-0.3, -0.25) is 5.41 Å². The molecule has 0 aliphatic rings. The molecule has 0 saturated heterocycles. The fourth-order valence-electron chi connectivity index (χ4n) is 1.66. The highest BCUT2D eigenvalue weighted by Crippen LogP contribution is 2.19. The lowest BCUT2D eigenvalue weighted by atomic mass is 10.1. The van der Waals surface area contributed by atoms with Crippen LogP contribution in [0.25, 0.3) is 0 Å². The molecule has 0 fully saturated rings. The molecular formula is C12H20FN5. The van der Waals surface area contributed by atoms with Gasteiger partial charge >= 0.3 is 0 Å². The first-order valence-corrected chi connectivity index (χ1v) is 6.09. The third-order valence-corrected chi connectivity index (χ3v) is 2.88. The highest BCUT2D eigenvalue weighted by molar-refractivity contribution is 5.79. The van der Waals surface area contributed by atoms with Crippen molar-refractivity contribution < 1.29 is 4.39 Å². The number of aryl methyl sites for hydroxylation is 1. The molecule has 6 heteroatoms. The lowest BCUT2D eigenvalue weighted by Crippen LogP contribution is -2.35. The summed E-state index contributed by atoms with van der Waals surface area (Å²) in [4.78, 5) is 9.69. The zero-order chi connectivity index (χ0) is 13.7. The van der Waals surface area contributed by atoms with Gasteiger partial charge in [0.25, 0.3) is 0 Å². The molecule has 100 valence electrons. The van der Waals surface area contributed by atoms with Crippen molar-refractivity contribution in [3.8, 4) is 0 Å². The van der Waals surface area contributed by atoms with E-state index < -0.39 is 0 Å². The van der Waals surface area contributed by atoms with Gasteiger partial charge in [0.15, 0.2) is 11.6 Å². The Bertz CT molecular complexity index is 421. The van der Waals surface area contributed by atoms with Crippen molar-refractivity contribution in [1.82, 2.24) is 9.97 Å². The fourth-order valence-corrected chi connectivity index (χ4v) is 1.66. The Labute approximate surface area is 107 Å². The molecule has 1 aromatic heterocycles. The van der Waals surface area contributed by atoms with Gasteiger partial charge in [0, 0.05) is 19.0 Å². The molecule has 5 nitrogen and oxygen atoms in total. The second-order valence-corrected chi connectivity index (χ2v) is 4.21. The molecule has 18 heavy (non-hydrogen) atoms. The normalized spacial score (nSPS) is 12.2. The Balaban J connectivity index is 2.98. The Hall–Kier alpha value is -1.72. The summed E-state index contributed by atoms with van der Waals surface area (Å²) in [6, 6.07) is 0. The summed E-state index contributed by atoms with van der Waals surface area (Å²) in [5.74, 6) is -0.127. The number of hydrogen-bond acceptors (Lipinski definition) is 4. The van der Waals surface area contributed by atoms with Crippen molar-refractivity contribution in [3.63, 3.8) is 0 Å². The zero-order valence-corrected chi connectivity index (χ0v) is 11.1. The number of halogens is 1. The molecule has 0 bridgehead atoms. The number of aromatic nitrogens is 2. The van der Waals surface area contributed by atoms with E-state index in [0.717, 1.165) is 0 Å². The Morgan fingerprint density at radius 2 is 2.17 bits per heavy atom. The summed E-state index contributed by atoms with van der Waals surface area (Å²) in [5.41, 5.74) is 5.85. The van der Waals surface area contributed by atoms with Gasteiger partial charge in [0.05, 0.1) is 11.5 Å². The molecule has 0 aliphatic carbocycles.